The highest BCUT2D eigenvalue weighted by Gasteiger charge is 2.32. The van der Waals surface area contributed by atoms with Crippen LogP contribution in [0.5, 0.6) is 0 Å². The van der Waals surface area contributed by atoms with Crippen LogP contribution < -0.4 is 5.84 Å². The Morgan fingerprint density at radius 2 is 2.06 bits per heavy atom. The maximum Gasteiger partial charge on any atom is 0.123 e. The third kappa shape index (κ3) is 2.83. The van der Waals surface area contributed by atoms with Crippen LogP contribution in [-0.4, -0.2) is 29.3 Å². The van der Waals surface area contributed by atoms with Gasteiger partial charge in [-0.3, -0.25) is 5.84 Å². The molecule has 4 heteroatoms. The molecular weight excluding hydrogens is 219 g/mol. The summed E-state index contributed by atoms with van der Waals surface area (Å²) < 4.78 is 12.9. The second kappa shape index (κ2) is 5.12. The highest BCUT2D eigenvalue weighted by Crippen LogP contribution is 2.34. The van der Waals surface area contributed by atoms with Gasteiger partial charge in [0, 0.05) is 19.0 Å². The lowest BCUT2D eigenvalue weighted by Gasteiger charge is -2.38. The van der Waals surface area contributed by atoms with Crippen molar-refractivity contribution >= 4 is 0 Å². The Morgan fingerprint density at radius 1 is 1.41 bits per heavy atom. The molecule has 0 radical (unpaired) electrons. The molecule has 0 aliphatic carbocycles. The SMILES string of the molecule is CC(O)[C@@H]1CN(N)CC[C@H]1c1ccc(F)cc1. The van der Waals surface area contributed by atoms with Crippen LogP contribution in [0.2, 0.25) is 0 Å². The van der Waals surface area contributed by atoms with Gasteiger partial charge in [-0.25, -0.2) is 9.40 Å². The summed E-state index contributed by atoms with van der Waals surface area (Å²) in [5.74, 6) is 5.94. The van der Waals surface area contributed by atoms with Gasteiger partial charge in [-0.15, -0.1) is 0 Å². The molecule has 0 saturated carbocycles. The first-order valence-corrected chi connectivity index (χ1v) is 6.01. The predicted octanol–water partition coefficient (Wildman–Crippen LogP) is 1.49. The average Bonchev–Trinajstić information content (AvgIpc) is 2.30. The van der Waals surface area contributed by atoms with Crippen molar-refractivity contribution < 1.29 is 9.50 Å². The van der Waals surface area contributed by atoms with Gasteiger partial charge in [0.25, 0.3) is 0 Å². The molecule has 0 bridgehead atoms. The first kappa shape index (κ1) is 12.5. The maximum atomic E-state index is 12.9. The second-order valence-electron chi connectivity index (χ2n) is 4.85. The van der Waals surface area contributed by atoms with Gasteiger partial charge < -0.3 is 5.11 Å². The van der Waals surface area contributed by atoms with E-state index in [2.05, 4.69) is 0 Å². The Balaban J connectivity index is 2.20. The van der Waals surface area contributed by atoms with Crippen LogP contribution in [-0.2, 0) is 0 Å². The van der Waals surface area contributed by atoms with E-state index in [1.807, 2.05) is 12.1 Å². The quantitative estimate of drug-likeness (QED) is 0.767. The molecule has 1 saturated heterocycles. The summed E-state index contributed by atoms with van der Waals surface area (Å²) in [4.78, 5) is 0. The van der Waals surface area contributed by atoms with Crippen LogP contribution in [0.3, 0.4) is 0 Å². The Kier molecular flexibility index (Phi) is 3.76. The number of hydrogen-bond donors (Lipinski definition) is 2. The zero-order chi connectivity index (χ0) is 12.4. The summed E-state index contributed by atoms with van der Waals surface area (Å²) in [6, 6.07) is 6.57. The molecule has 2 rings (SSSR count). The Labute approximate surface area is 101 Å². The fourth-order valence-electron chi connectivity index (χ4n) is 2.62. The molecule has 1 aromatic rings. The number of hydrazine groups is 1. The Bertz CT molecular complexity index is 366. The van der Waals surface area contributed by atoms with Crippen LogP contribution in [0, 0.1) is 11.7 Å². The molecule has 3 nitrogen and oxygen atoms in total. The number of aliphatic hydroxyl groups is 1. The predicted molar refractivity (Wildman–Crippen MR) is 64.7 cm³/mol. The van der Waals surface area contributed by atoms with Crippen molar-refractivity contribution in [1.82, 2.24) is 5.01 Å². The number of aliphatic hydroxyl groups excluding tert-OH is 1. The van der Waals surface area contributed by atoms with Crippen molar-refractivity contribution in [3.8, 4) is 0 Å². The standard InChI is InChI=1S/C13H19FN2O/c1-9(17)13-8-16(15)7-6-12(13)10-2-4-11(14)5-3-10/h2-5,9,12-13,17H,6-8,15H2,1H3/t9?,12-,13-/m0/s1. The van der Waals surface area contributed by atoms with Crippen molar-refractivity contribution in [1.29, 1.82) is 0 Å². The van der Waals surface area contributed by atoms with Crippen LogP contribution in [0.1, 0.15) is 24.8 Å². The summed E-state index contributed by atoms with van der Waals surface area (Å²) in [7, 11) is 0. The third-order valence-corrected chi connectivity index (χ3v) is 3.61. The first-order valence-electron chi connectivity index (χ1n) is 6.01. The van der Waals surface area contributed by atoms with Gasteiger partial charge in [0.2, 0.25) is 0 Å². The van der Waals surface area contributed by atoms with E-state index in [4.69, 9.17) is 5.84 Å². The largest absolute Gasteiger partial charge is 0.393 e. The van der Waals surface area contributed by atoms with E-state index in [0.29, 0.717) is 6.54 Å². The van der Waals surface area contributed by atoms with E-state index in [-0.39, 0.29) is 17.7 Å². The van der Waals surface area contributed by atoms with E-state index in [1.54, 1.807) is 11.9 Å². The molecule has 0 amide bonds. The minimum Gasteiger partial charge on any atom is -0.393 e. The van der Waals surface area contributed by atoms with Crippen molar-refractivity contribution in [2.75, 3.05) is 13.1 Å². The molecule has 1 fully saturated rings. The molecule has 1 aliphatic rings. The molecule has 0 aromatic heterocycles. The Hall–Kier alpha value is -0.970. The summed E-state index contributed by atoms with van der Waals surface area (Å²) in [5, 5.41) is 11.6. The van der Waals surface area contributed by atoms with E-state index in [1.165, 1.54) is 12.1 Å². The molecule has 0 spiro atoms. The molecule has 1 aliphatic heterocycles. The van der Waals surface area contributed by atoms with Gasteiger partial charge in [-0.05, 0) is 37.0 Å². The third-order valence-electron chi connectivity index (χ3n) is 3.61. The van der Waals surface area contributed by atoms with Crippen LogP contribution in [0.4, 0.5) is 4.39 Å². The van der Waals surface area contributed by atoms with E-state index in [9.17, 15) is 9.50 Å². The topological polar surface area (TPSA) is 49.5 Å². The van der Waals surface area contributed by atoms with E-state index < -0.39 is 6.10 Å². The summed E-state index contributed by atoms with van der Waals surface area (Å²) in [5.41, 5.74) is 1.09. The van der Waals surface area contributed by atoms with Gasteiger partial charge in [-0.2, -0.15) is 0 Å². The fraction of sp³-hybridized carbons (Fsp3) is 0.538. The van der Waals surface area contributed by atoms with Crippen molar-refractivity contribution in [3.05, 3.63) is 35.6 Å². The molecule has 3 atom stereocenters. The van der Waals surface area contributed by atoms with Crippen molar-refractivity contribution in [2.24, 2.45) is 11.8 Å². The zero-order valence-electron chi connectivity index (χ0n) is 10.0. The molecule has 1 unspecified atom stereocenters. The van der Waals surface area contributed by atoms with Crippen LogP contribution in [0.15, 0.2) is 24.3 Å². The molecule has 3 N–H and O–H groups in total. The minimum atomic E-state index is -0.406. The Morgan fingerprint density at radius 3 is 2.65 bits per heavy atom. The van der Waals surface area contributed by atoms with Crippen molar-refractivity contribution in [2.45, 2.75) is 25.4 Å². The molecule has 1 aromatic carbocycles. The normalized spacial score (nSPS) is 28.0. The number of piperidine rings is 1. The smallest absolute Gasteiger partial charge is 0.123 e. The van der Waals surface area contributed by atoms with Gasteiger partial charge in [0.05, 0.1) is 6.10 Å². The van der Waals surface area contributed by atoms with E-state index in [0.717, 1.165) is 18.5 Å². The number of nitrogens with two attached hydrogens (primary N) is 1. The number of rotatable bonds is 2. The first-order chi connectivity index (χ1) is 8.08. The maximum absolute atomic E-state index is 12.9. The lowest BCUT2D eigenvalue weighted by molar-refractivity contribution is 0.0474. The minimum absolute atomic E-state index is 0.110. The molecule has 1 heterocycles. The van der Waals surface area contributed by atoms with Gasteiger partial charge in [-0.1, -0.05) is 12.1 Å². The number of benzene rings is 1. The monoisotopic (exact) mass is 238 g/mol. The van der Waals surface area contributed by atoms with Crippen LogP contribution >= 0.6 is 0 Å². The zero-order valence-corrected chi connectivity index (χ0v) is 10.0. The molecule has 17 heavy (non-hydrogen) atoms. The lowest BCUT2D eigenvalue weighted by atomic mass is 9.78. The summed E-state index contributed by atoms with van der Waals surface area (Å²) >= 11 is 0. The number of nitrogens with zero attached hydrogens (tertiary/aromatic N) is 1. The summed E-state index contributed by atoms with van der Waals surface area (Å²) in [6.45, 7) is 3.28. The van der Waals surface area contributed by atoms with Crippen molar-refractivity contribution in [3.63, 3.8) is 0 Å². The van der Waals surface area contributed by atoms with Gasteiger partial charge in [0.1, 0.15) is 5.82 Å². The lowest BCUT2D eigenvalue weighted by Crippen LogP contribution is -2.46. The average molecular weight is 238 g/mol. The van der Waals surface area contributed by atoms with Crippen LogP contribution in [0.25, 0.3) is 0 Å². The summed E-state index contributed by atoms with van der Waals surface area (Å²) in [6.07, 6.45) is 0.494. The molecular formula is C13H19FN2O. The number of halogens is 1. The van der Waals surface area contributed by atoms with E-state index >= 15 is 0 Å². The highest BCUT2D eigenvalue weighted by atomic mass is 19.1. The molecule has 94 valence electrons. The fourth-order valence-corrected chi connectivity index (χ4v) is 2.62. The second-order valence-corrected chi connectivity index (χ2v) is 4.85. The van der Waals surface area contributed by atoms with Gasteiger partial charge >= 0.3 is 0 Å². The van der Waals surface area contributed by atoms with Gasteiger partial charge in [0.15, 0.2) is 0 Å². The highest BCUT2D eigenvalue weighted by molar-refractivity contribution is 5.22. The number of hydrogen-bond acceptors (Lipinski definition) is 3.